The highest BCUT2D eigenvalue weighted by molar-refractivity contribution is 5.27. The van der Waals surface area contributed by atoms with Crippen LogP contribution in [0.3, 0.4) is 0 Å². The van der Waals surface area contributed by atoms with E-state index in [0.717, 1.165) is 0 Å². The number of methoxy groups -OCH3 is 2. The average molecular weight is 278 g/mol. The summed E-state index contributed by atoms with van der Waals surface area (Å²) in [6, 6.07) is 6.27. The van der Waals surface area contributed by atoms with Crippen molar-refractivity contribution in [1.82, 2.24) is 9.97 Å². The molecule has 0 aliphatic rings. The summed E-state index contributed by atoms with van der Waals surface area (Å²) in [5, 5.41) is 10.2. The summed E-state index contributed by atoms with van der Waals surface area (Å²) in [5.41, 5.74) is 0.649. The van der Waals surface area contributed by atoms with E-state index >= 15 is 0 Å². The minimum atomic E-state index is -1.01. The molecule has 2 aromatic rings. The monoisotopic (exact) mass is 278 g/mol. The summed E-state index contributed by atoms with van der Waals surface area (Å²) < 4.78 is 23.6. The lowest BCUT2D eigenvalue weighted by atomic mass is 10.1. The fourth-order valence-electron chi connectivity index (χ4n) is 1.81. The van der Waals surface area contributed by atoms with Crippen LogP contribution in [0.1, 0.15) is 17.4 Å². The first-order valence-electron chi connectivity index (χ1n) is 6.02. The molecule has 0 aliphatic heterocycles. The molecule has 0 bridgehead atoms. The van der Waals surface area contributed by atoms with Gasteiger partial charge in [0.25, 0.3) is 0 Å². The maximum Gasteiger partial charge on any atom is 0.241 e. The zero-order valence-electron chi connectivity index (χ0n) is 11.2. The minimum Gasteiger partial charge on any atom is -0.480 e. The summed E-state index contributed by atoms with van der Waals surface area (Å²) in [5.74, 6) is 0.0730. The molecule has 0 spiro atoms. The molecule has 2 rings (SSSR count). The van der Waals surface area contributed by atoms with Crippen LogP contribution in [0.4, 0.5) is 4.39 Å². The second-order valence-electron chi connectivity index (χ2n) is 4.12. The molecule has 0 aliphatic carbocycles. The molecule has 1 heterocycles. The van der Waals surface area contributed by atoms with Crippen molar-refractivity contribution < 1.29 is 19.0 Å². The summed E-state index contributed by atoms with van der Waals surface area (Å²) in [4.78, 5) is 8.10. The maximum absolute atomic E-state index is 13.6. The Hall–Kier alpha value is -2.21. The zero-order valence-corrected chi connectivity index (χ0v) is 11.2. The van der Waals surface area contributed by atoms with E-state index in [0.29, 0.717) is 5.56 Å². The molecule has 0 amide bonds. The lowest BCUT2D eigenvalue weighted by molar-refractivity contribution is 0.165. The van der Waals surface area contributed by atoms with Crippen LogP contribution in [0.25, 0.3) is 0 Å². The molecule has 1 N–H and O–H groups in total. The van der Waals surface area contributed by atoms with E-state index < -0.39 is 6.10 Å². The van der Waals surface area contributed by atoms with E-state index in [1.54, 1.807) is 18.2 Å². The van der Waals surface area contributed by atoms with Crippen LogP contribution < -0.4 is 9.47 Å². The predicted molar refractivity (Wildman–Crippen MR) is 70.2 cm³/mol. The highest BCUT2D eigenvalue weighted by Crippen LogP contribution is 2.26. The van der Waals surface area contributed by atoms with Gasteiger partial charge in [-0.25, -0.2) is 9.37 Å². The van der Waals surface area contributed by atoms with Crippen molar-refractivity contribution in [3.63, 3.8) is 0 Å². The molecule has 0 saturated heterocycles. The van der Waals surface area contributed by atoms with Gasteiger partial charge in [0.1, 0.15) is 17.6 Å². The van der Waals surface area contributed by atoms with Gasteiger partial charge in [0, 0.05) is 6.42 Å². The van der Waals surface area contributed by atoms with Crippen molar-refractivity contribution in [3.05, 3.63) is 47.5 Å². The van der Waals surface area contributed by atoms with Crippen LogP contribution >= 0.6 is 0 Å². The van der Waals surface area contributed by atoms with E-state index in [4.69, 9.17) is 9.47 Å². The van der Waals surface area contributed by atoms with Crippen LogP contribution in [-0.4, -0.2) is 29.3 Å². The average Bonchev–Trinajstić information content (AvgIpc) is 2.48. The molecular weight excluding hydrogens is 263 g/mol. The van der Waals surface area contributed by atoms with Crippen molar-refractivity contribution in [2.45, 2.75) is 12.5 Å². The van der Waals surface area contributed by atoms with Crippen LogP contribution in [0, 0.1) is 5.82 Å². The van der Waals surface area contributed by atoms with E-state index in [-0.39, 0.29) is 29.7 Å². The molecule has 106 valence electrons. The van der Waals surface area contributed by atoms with Crippen molar-refractivity contribution in [2.75, 3.05) is 14.2 Å². The Kier molecular flexibility index (Phi) is 4.47. The van der Waals surface area contributed by atoms with Crippen molar-refractivity contribution >= 4 is 0 Å². The molecule has 6 heteroatoms. The van der Waals surface area contributed by atoms with Gasteiger partial charge in [0.2, 0.25) is 11.8 Å². The molecule has 5 nitrogen and oxygen atoms in total. The highest BCUT2D eigenvalue weighted by atomic mass is 19.1. The van der Waals surface area contributed by atoms with Crippen molar-refractivity contribution in [3.8, 4) is 11.8 Å². The number of benzene rings is 1. The topological polar surface area (TPSA) is 64.5 Å². The van der Waals surface area contributed by atoms with Gasteiger partial charge in [-0.1, -0.05) is 18.2 Å². The van der Waals surface area contributed by atoms with Gasteiger partial charge in [0.05, 0.1) is 20.4 Å². The lowest BCUT2D eigenvalue weighted by Crippen LogP contribution is -2.09. The Balaban J connectivity index is 2.25. The van der Waals surface area contributed by atoms with Gasteiger partial charge in [-0.15, -0.1) is 0 Å². The third kappa shape index (κ3) is 3.03. The fraction of sp³-hybridized carbons (Fsp3) is 0.286. The standard InChI is InChI=1S/C14H15FN2O3/c1-19-12-8-16-13(14(17-12)20-2)11(18)7-9-5-3-4-6-10(9)15/h3-6,8,11,18H,7H2,1-2H3. The maximum atomic E-state index is 13.6. The summed E-state index contributed by atoms with van der Waals surface area (Å²) in [6.45, 7) is 0. The Morgan fingerprint density at radius 2 is 2.00 bits per heavy atom. The number of aliphatic hydroxyl groups excluding tert-OH is 1. The summed E-state index contributed by atoms with van der Waals surface area (Å²) in [6.07, 6.45) is 0.451. The predicted octanol–water partition coefficient (Wildman–Crippen LogP) is 1.91. The van der Waals surface area contributed by atoms with Gasteiger partial charge < -0.3 is 14.6 Å². The van der Waals surface area contributed by atoms with Crippen LogP contribution in [0.15, 0.2) is 30.5 Å². The molecule has 1 aromatic carbocycles. The zero-order chi connectivity index (χ0) is 14.5. The Morgan fingerprint density at radius 3 is 2.65 bits per heavy atom. The highest BCUT2D eigenvalue weighted by Gasteiger charge is 2.19. The Morgan fingerprint density at radius 1 is 1.25 bits per heavy atom. The van der Waals surface area contributed by atoms with Crippen LogP contribution in [0.2, 0.25) is 0 Å². The normalized spacial score (nSPS) is 12.0. The first kappa shape index (κ1) is 14.2. The number of aliphatic hydroxyl groups is 1. The molecule has 0 radical (unpaired) electrons. The van der Waals surface area contributed by atoms with Crippen LogP contribution in [0.5, 0.6) is 11.8 Å². The molecule has 0 saturated carbocycles. The van der Waals surface area contributed by atoms with Crippen molar-refractivity contribution in [1.29, 1.82) is 0 Å². The number of aromatic nitrogens is 2. The quantitative estimate of drug-likeness (QED) is 0.905. The largest absolute Gasteiger partial charge is 0.480 e. The second-order valence-corrected chi connectivity index (χ2v) is 4.12. The third-order valence-corrected chi connectivity index (χ3v) is 2.83. The molecule has 1 aromatic heterocycles. The first-order valence-corrected chi connectivity index (χ1v) is 6.02. The molecule has 1 unspecified atom stereocenters. The number of ether oxygens (including phenoxy) is 2. The number of nitrogens with zero attached hydrogens (tertiary/aromatic N) is 2. The van der Waals surface area contributed by atoms with E-state index in [9.17, 15) is 9.50 Å². The van der Waals surface area contributed by atoms with Crippen molar-refractivity contribution in [2.24, 2.45) is 0 Å². The fourth-order valence-corrected chi connectivity index (χ4v) is 1.81. The van der Waals surface area contributed by atoms with Gasteiger partial charge in [0.15, 0.2) is 0 Å². The summed E-state index contributed by atoms with van der Waals surface area (Å²) in [7, 11) is 2.88. The summed E-state index contributed by atoms with van der Waals surface area (Å²) >= 11 is 0. The lowest BCUT2D eigenvalue weighted by Gasteiger charge is -2.14. The molecule has 1 atom stereocenters. The molecule has 0 fully saturated rings. The number of hydrogen-bond acceptors (Lipinski definition) is 5. The Labute approximate surface area is 116 Å². The van der Waals surface area contributed by atoms with E-state index in [1.807, 2.05) is 0 Å². The van der Waals surface area contributed by atoms with Gasteiger partial charge in [-0.3, -0.25) is 0 Å². The van der Waals surface area contributed by atoms with E-state index in [2.05, 4.69) is 9.97 Å². The third-order valence-electron chi connectivity index (χ3n) is 2.83. The Bertz CT molecular complexity index is 592. The number of hydrogen-bond donors (Lipinski definition) is 1. The number of rotatable bonds is 5. The van der Waals surface area contributed by atoms with Gasteiger partial charge in [-0.05, 0) is 11.6 Å². The van der Waals surface area contributed by atoms with Gasteiger partial charge >= 0.3 is 0 Å². The second kappa shape index (κ2) is 6.29. The molecule has 20 heavy (non-hydrogen) atoms. The van der Waals surface area contributed by atoms with E-state index in [1.165, 1.54) is 26.5 Å². The van der Waals surface area contributed by atoms with Gasteiger partial charge in [-0.2, -0.15) is 4.98 Å². The molecular formula is C14H15FN2O3. The van der Waals surface area contributed by atoms with Crippen LogP contribution in [-0.2, 0) is 6.42 Å². The minimum absolute atomic E-state index is 0.0873. The SMILES string of the molecule is COc1cnc(C(O)Cc2ccccc2F)c(OC)n1. The first-order chi connectivity index (χ1) is 9.65. The number of halogens is 1. The smallest absolute Gasteiger partial charge is 0.241 e.